The molecule has 2 aromatic carbocycles. The number of aromatic nitrogens is 2. The molecule has 3 aromatic rings. The highest BCUT2D eigenvalue weighted by molar-refractivity contribution is 7.90. The van der Waals surface area contributed by atoms with Crippen molar-refractivity contribution in [2.24, 2.45) is 0 Å². The molecule has 0 saturated heterocycles. The molecule has 3 rings (SSSR count). The standard InChI is InChI=1S/C16H12FN3O4S/c17-12-6-4-5-11(9-12)15(21)18-16-20-19-14(24-16)10-25(22,23)13-7-2-1-3-8-13/h1-9H,10H2,(H,18,20,21). The third kappa shape index (κ3) is 4.07. The summed E-state index contributed by atoms with van der Waals surface area (Å²) in [5.74, 6) is -1.88. The topological polar surface area (TPSA) is 102 Å². The van der Waals surface area contributed by atoms with Gasteiger partial charge >= 0.3 is 6.01 Å². The minimum Gasteiger partial charge on any atom is -0.407 e. The van der Waals surface area contributed by atoms with E-state index in [1.54, 1.807) is 18.2 Å². The van der Waals surface area contributed by atoms with E-state index in [-0.39, 0.29) is 22.4 Å². The number of carbonyl (C=O) groups is 1. The molecule has 128 valence electrons. The van der Waals surface area contributed by atoms with Gasteiger partial charge in [0.25, 0.3) is 5.91 Å². The highest BCUT2D eigenvalue weighted by Gasteiger charge is 2.20. The first-order chi connectivity index (χ1) is 11.9. The number of hydrogen-bond acceptors (Lipinski definition) is 6. The van der Waals surface area contributed by atoms with Crippen LogP contribution in [0.2, 0.25) is 0 Å². The maximum atomic E-state index is 13.1. The van der Waals surface area contributed by atoms with Crippen LogP contribution < -0.4 is 5.32 Å². The first kappa shape index (κ1) is 16.8. The van der Waals surface area contributed by atoms with Crippen molar-refractivity contribution >= 4 is 21.8 Å². The summed E-state index contributed by atoms with van der Waals surface area (Å²) in [5, 5.41) is 9.47. The number of halogens is 1. The molecular formula is C16H12FN3O4S. The maximum absolute atomic E-state index is 13.1. The minimum atomic E-state index is -3.64. The van der Waals surface area contributed by atoms with Gasteiger partial charge < -0.3 is 4.42 Å². The smallest absolute Gasteiger partial charge is 0.322 e. The van der Waals surface area contributed by atoms with Gasteiger partial charge in [-0.3, -0.25) is 10.1 Å². The molecule has 0 spiro atoms. The van der Waals surface area contributed by atoms with Gasteiger partial charge in [-0.05, 0) is 30.3 Å². The molecule has 0 aliphatic carbocycles. The first-order valence-corrected chi connectivity index (χ1v) is 8.76. The zero-order chi connectivity index (χ0) is 17.9. The molecule has 7 nitrogen and oxygen atoms in total. The van der Waals surface area contributed by atoms with Gasteiger partial charge in [-0.2, -0.15) is 0 Å². The number of carbonyl (C=O) groups excluding carboxylic acids is 1. The molecule has 9 heteroatoms. The molecule has 0 fully saturated rings. The van der Waals surface area contributed by atoms with Crippen LogP contribution in [0, 0.1) is 5.82 Å². The van der Waals surface area contributed by atoms with Gasteiger partial charge in [0.05, 0.1) is 4.90 Å². The summed E-state index contributed by atoms with van der Waals surface area (Å²) < 4.78 is 42.7. The van der Waals surface area contributed by atoms with Crippen LogP contribution in [-0.2, 0) is 15.6 Å². The van der Waals surface area contributed by atoms with Gasteiger partial charge in [0.1, 0.15) is 11.6 Å². The van der Waals surface area contributed by atoms with Gasteiger partial charge in [0, 0.05) is 5.56 Å². The zero-order valence-electron chi connectivity index (χ0n) is 12.7. The van der Waals surface area contributed by atoms with Crippen LogP contribution in [0.4, 0.5) is 10.4 Å². The van der Waals surface area contributed by atoms with Crippen molar-refractivity contribution in [1.29, 1.82) is 0 Å². The molecule has 0 bridgehead atoms. The van der Waals surface area contributed by atoms with Gasteiger partial charge in [-0.15, -0.1) is 5.10 Å². The fourth-order valence-electron chi connectivity index (χ4n) is 2.04. The summed E-state index contributed by atoms with van der Waals surface area (Å²) in [5.41, 5.74) is 0.0663. The lowest BCUT2D eigenvalue weighted by Crippen LogP contribution is -2.12. The van der Waals surface area contributed by atoms with Crippen LogP contribution in [0.15, 0.2) is 63.9 Å². The normalized spacial score (nSPS) is 11.2. The molecule has 0 radical (unpaired) electrons. The predicted octanol–water partition coefficient (Wildman–Crippen LogP) is 2.43. The van der Waals surface area contributed by atoms with Crippen molar-refractivity contribution in [1.82, 2.24) is 10.2 Å². The maximum Gasteiger partial charge on any atom is 0.322 e. The minimum absolute atomic E-state index is 0.0663. The van der Waals surface area contributed by atoms with E-state index in [2.05, 4.69) is 15.5 Å². The lowest BCUT2D eigenvalue weighted by molar-refractivity contribution is 0.102. The van der Waals surface area contributed by atoms with Crippen LogP contribution in [0.5, 0.6) is 0 Å². The Morgan fingerprint density at radius 3 is 2.56 bits per heavy atom. The van der Waals surface area contributed by atoms with Crippen molar-refractivity contribution in [2.45, 2.75) is 10.6 Å². The van der Waals surface area contributed by atoms with E-state index in [1.807, 2.05) is 0 Å². The molecular weight excluding hydrogens is 349 g/mol. The largest absolute Gasteiger partial charge is 0.407 e. The highest BCUT2D eigenvalue weighted by Crippen LogP contribution is 2.17. The number of nitrogens with one attached hydrogen (secondary N) is 1. The monoisotopic (exact) mass is 361 g/mol. The van der Waals surface area contributed by atoms with Crippen molar-refractivity contribution in [3.63, 3.8) is 0 Å². The number of amides is 1. The Hall–Kier alpha value is -3.07. The van der Waals surface area contributed by atoms with Gasteiger partial charge in [-0.25, -0.2) is 12.8 Å². The van der Waals surface area contributed by atoms with Crippen LogP contribution >= 0.6 is 0 Å². The van der Waals surface area contributed by atoms with Gasteiger partial charge in [0.2, 0.25) is 5.89 Å². The number of hydrogen-bond donors (Lipinski definition) is 1. The van der Waals surface area contributed by atoms with E-state index >= 15 is 0 Å². The number of nitrogens with zero attached hydrogens (tertiary/aromatic N) is 2. The molecule has 0 saturated carbocycles. The number of anilines is 1. The molecule has 1 N–H and O–H groups in total. The molecule has 25 heavy (non-hydrogen) atoms. The van der Waals surface area contributed by atoms with Crippen LogP contribution in [0.3, 0.4) is 0 Å². The molecule has 1 heterocycles. The molecule has 0 aliphatic rings. The van der Waals surface area contributed by atoms with E-state index in [9.17, 15) is 17.6 Å². The lowest BCUT2D eigenvalue weighted by Gasteiger charge is -2.01. The summed E-state index contributed by atoms with van der Waals surface area (Å²) in [6, 6.07) is 12.6. The Bertz CT molecular complexity index is 1000. The van der Waals surface area contributed by atoms with E-state index in [4.69, 9.17) is 4.42 Å². The SMILES string of the molecule is O=C(Nc1nnc(CS(=O)(=O)c2ccccc2)o1)c1cccc(F)c1. The second-order valence-electron chi connectivity index (χ2n) is 5.04. The summed E-state index contributed by atoms with van der Waals surface area (Å²) in [4.78, 5) is 12.1. The third-order valence-corrected chi connectivity index (χ3v) is 4.81. The van der Waals surface area contributed by atoms with Gasteiger partial charge in [-0.1, -0.05) is 29.4 Å². The molecule has 1 aromatic heterocycles. The Morgan fingerprint density at radius 2 is 1.84 bits per heavy atom. The van der Waals surface area contributed by atoms with E-state index in [0.29, 0.717) is 0 Å². The van der Waals surface area contributed by atoms with Crippen molar-refractivity contribution in [3.8, 4) is 0 Å². The van der Waals surface area contributed by atoms with E-state index < -0.39 is 27.3 Å². The summed E-state index contributed by atoms with van der Waals surface area (Å²) in [6.45, 7) is 0. The highest BCUT2D eigenvalue weighted by atomic mass is 32.2. The van der Waals surface area contributed by atoms with Gasteiger partial charge in [0.15, 0.2) is 9.84 Å². The average molecular weight is 361 g/mol. The fourth-order valence-corrected chi connectivity index (χ4v) is 3.22. The number of benzene rings is 2. The number of sulfone groups is 1. The molecule has 0 aliphatic heterocycles. The molecule has 0 unspecified atom stereocenters. The quantitative estimate of drug-likeness (QED) is 0.749. The van der Waals surface area contributed by atoms with E-state index in [0.717, 1.165) is 6.07 Å². The van der Waals surface area contributed by atoms with Crippen molar-refractivity contribution in [3.05, 3.63) is 71.9 Å². The Morgan fingerprint density at radius 1 is 1.08 bits per heavy atom. The van der Waals surface area contributed by atoms with Crippen LogP contribution in [0.1, 0.15) is 16.2 Å². The van der Waals surface area contributed by atoms with Crippen LogP contribution in [0.25, 0.3) is 0 Å². The fraction of sp³-hybridized carbons (Fsp3) is 0.0625. The van der Waals surface area contributed by atoms with Crippen molar-refractivity contribution in [2.75, 3.05) is 5.32 Å². The average Bonchev–Trinajstić information content (AvgIpc) is 3.02. The first-order valence-electron chi connectivity index (χ1n) is 7.11. The summed E-state index contributed by atoms with van der Waals surface area (Å²) >= 11 is 0. The zero-order valence-corrected chi connectivity index (χ0v) is 13.5. The predicted molar refractivity (Wildman–Crippen MR) is 86.0 cm³/mol. The second-order valence-corrected chi connectivity index (χ2v) is 7.03. The number of rotatable bonds is 5. The summed E-state index contributed by atoms with van der Waals surface area (Å²) in [6.07, 6.45) is 0. The lowest BCUT2D eigenvalue weighted by atomic mass is 10.2. The Labute approximate surface area is 142 Å². The molecule has 1 amide bonds. The third-order valence-electron chi connectivity index (χ3n) is 3.19. The Kier molecular flexibility index (Phi) is 4.57. The van der Waals surface area contributed by atoms with Crippen molar-refractivity contribution < 1.29 is 22.0 Å². The Balaban J connectivity index is 1.72. The van der Waals surface area contributed by atoms with Crippen LogP contribution in [-0.4, -0.2) is 24.5 Å². The van der Waals surface area contributed by atoms with E-state index in [1.165, 1.54) is 30.3 Å². The second kappa shape index (κ2) is 6.81. The summed E-state index contributed by atoms with van der Waals surface area (Å²) in [7, 11) is -3.64. The molecule has 0 atom stereocenters.